The molecule has 0 spiro atoms. The Kier molecular flexibility index (Phi) is 8.02. The summed E-state index contributed by atoms with van der Waals surface area (Å²) < 4.78 is 11.0. The standard InChI is InChI=1S/C20H20Cl3N3O3S/c1-12(29-18-5-2-13(21)10-16(18)23)19(27)25-20(30)24-14-3-4-17(15(22)11-14)26-6-8-28-9-7-26/h2-5,10-12H,6-9H2,1H3,(H2,24,25,27,30)/t12-/m0/s1. The first kappa shape index (κ1) is 22.9. The fraction of sp³-hybridized carbons (Fsp3) is 0.300. The van der Waals surface area contributed by atoms with Crippen molar-refractivity contribution >= 4 is 69.4 Å². The highest BCUT2D eigenvalue weighted by Gasteiger charge is 2.18. The minimum atomic E-state index is -0.823. The number of hydrogen-bond donors (Lipinski definition) is 2. The lowest BCUT2D eigenvalue weighted by Crippen LogP contribution is -2.42. The molecule has 1 aliphatic heterocycles. The fourth-order valence-corrected chi connectivity index (χ4v) is 3.81. The number of hydrogen-bond acceptors (Lipinski definition) is 5. The van der Waals surface area contributed by atoms with Crippen molar-refractivity contribution in [3.63, 3.8) is 0 Å². The molecule has 2 N–H and O–H groups in total. The first-order valence-corrected chi connectivity index (χ1v) is 10.7. The third-order valence-electron chi connectivity index (χ3n) is 4.36. The molecule has 1 atom stereocenters. The Morgan fingerprint density at radius 1 is 1.13 bits per heavy atom. The molecule has 1 heterocycles. The van der Waals surface area contributed by atoms with Gasteiger partial charge in [0.1, 0.15) is 5.75 Å². The Bertz CT molecular complexity index is 939. The highest BCUT2D eigenvalue weighted by Crippen LogP contribution is 2.30. The van der Waals surface area contributed by atoms with E-state index in [2.05, 4.69) is 15.5 Å². The molecule has 0 saturated carbocycles. The van der Waals surface area contributed by atoms with Crippen LogP contribution in [0, 0.1) is 0 Å². The van der Waals surface area contributed by atoms with E-state index in [1.54, 1.807) is 31.2 Å². The summed E-state index contributed by atoms with van der Waals surface area (Å²) in [5.74, 6) is -0.0670. The first-order valence-electron chi connectivity index (χ1n) is 9.19. The normalized spacial score (nSPS) is 14.7. The van der Waals surface area contributed by atoms with Gasteiger partial charge in [0.05, 0.1) is 28.9 Å². The molecule has 0 bridgehead atoms. The molecule has 2 aromatic rings. The van der Waals surface area contributed by atoms with E-state index in [0.717, 1.165) is 18.8 Å². The number of anilines is 2. The van der Waals surface area contributed by atoms with Crippen LogP contribution < -0.4 is 20.3 Å². The Morgan fingerprint density at radius 2 is 1.87 bits per heavy atom. The quantitative estimate of drug-likeness (QED) is 0.592. The summed E-state index contributed by atoms with van der Waals surface area (Å²) in [5, 5.41) is 7.07. The molecule has 0 aromatic heterocycles. The van der Waals surface area contributed by atoms with Gasteiger partial charge in [-0.05, 0) is 55.5 Å². The lowest BCUT2D eigenvalue weighted by atomic mass is 10.2. The molecule has 6 nitrogen and oxygen atoms in total. The number of rotatable bonds is 5. The Labute approximate surface area is 195 Å². The second-order valence-electron chi connectivity index (χ2n) is 6.54. The van der Waals surface area contributed by atoms with Crippen LogP contribution in [0.4, 0.5) is 11.4 Å². The van der Waals surface area contributed by atoms with Crippen LogP contribution in [0.2, 0.25) is 15.1 Å². The number of carbonyl (C=O) groups is 1. The SMILES string of the molecule is C[C@H](Oc1ccc(Cl)cc1Cl)C(=O)NC(=S)Nc1ccc(N2CCOCC2)c(Cl)c1. The van der Waals surface area contributed by atoms with E-state index in [4.69, 9.17) is 56.5 Å². The van der Waals surface area contributed by atoms with E-state index >= 15 is 0 Å². The summed E-state index contributed by atoms with van der Waals surface area (Å²) in [6.45, 7) is 4.52. The van der Waals surface area contributed by atoms with Crippen molar-refractivity contribution < 1.29 is 14.3 Å². The van der Waals surface area contributed by atoms with Crippen LogP contribution in [0.25, 0.3) is 0 Å². The molecule has 0 unspecified atom stereocenters. The molecule has 1 fully saturated rings. The van der Waals surface area contributed by atoms with Gasteiger partial charge < -0.3 is 19.7 Å². The van der Waals surface area contributed by atoms with Crippen molar-refractivity contribution in [2.75, 3.05) is 36.5 Å². The zero-order valence-electron chi connectivity index (χ0n) is 16.1. The number of morpholine rings is 1. The van der Waals surface area contributed by atoms with Crippen LogP contribution >= 0.6 is 47.0 Å². The smallest absolute Gasteiger partial charge is 0.266 e. The fourth-order valence-electron chi connectivity index (χ4n) is 2.84. The molecule has 10 heteroatoms. The molecule has 1 amide bonds. The van der Waals surface area contributed by atoms with E-state index in [-0.39, 0.29) is 5.11 Å². The van der Waals surface area contributed by atoms with E-state index < -0.39 is 12.0 Å². The Hall–Kier alpha value is -1.77. The van der Waals surface area contributed by atoms with Crippen molar-refractivity contribution in [2.45, 2.75) is 13.0 Å². The summed E-state index contributed by atoms with van der Waals surface area (Å²) in [7, 11) is 0. The number of benzene rings is 2. The van der Waals surface area contributed by atoms with Gasteiger partial charge in [0, 0.05) is 23.8 Å². The maximum Gasteiger partial charge on any atom is 0.266 e. The number of carbonyl (C=O) groups excluding carboxylic acids is 1. The number of halogens is 3. The van der Waals surface area contributed by atoms with Crippen LogP contribution in [0.5, 0.6) is 5.75 Å². The first-order chi connectivity index (χ1) is 14.3. The second kappa shape index (κ2) is 10.5. The van der Waals surface area contributed by atoms with Crippen LogP contribution in [0.1, 0.15) is 6.92 Å². The predicted octanol–water partition coefficient (Wildman–Crippen LogP) is 4.76. The Balaban J connectivity index is 1.55. The van der Waals surface area contributed by atoms with Gasteiger partial charge in [-0.25, -0.2) is 0 Å². The molecule has 0 radical (unpaired) electrons. The number of ether oxygens (including phenoxy) is 2. The lowest BCUT2D eigenvalue weighted by molar-refractivity contribution is -0.125. The molecule has 1 saturated heterocycles. The van der Waals surface area contributed by atoms with Gasteiger partial charge in [-0.15, -0.1) is 0 Å². The van der Waals surface area contributed by atoms with Gasteiger partial charge >= 0.3 is 0 Å². The largest absolute Gasteiger partial charge is 0.479 e. The van der Waals surface area contributed by atoms with Crippen molar-refractivity contribution in [1.29, 1.82) is 0 Å². The number of nitrogens with one attached hydrogen (secondary N) is 2. The maximum atomic E-state index is 12.4. The number of amides is 1. The van der Waals surface area contributed by atoms with Gasteiger partial charge in [0.25, 0.3) is 5.91 Å². The van der Waals surface area contributed by atoms with Gasteiger partial charge in [-0.1, -0.05) is 34.8 Å². The van der Waals surface area contributed by atoms with E-state index in [9.17, 15) is 4.79 Å². The zero-order valence-corrected chi connectivity index (χ0v) is 19.2. The molecule has 30 heavy (non-hydrogen) atoms. The molecular weight excluding hydrogens is 469 g/mol. The van der Waals surface area contributed by atoms with Crippen LogP contribution in [0.3, 0.4) is 0 Å². The molecule has 2 aromatic carbocycles. The highest BCUT2D eigenvalue weighted by atomic mass is 35.5. The Morgan fingerprint density at radius 3 is 2.53 bits per heavy atom. The van der Waals surface area contributed by atoms with Gasteiger partial charge in [-0.3, -0.25) is 10.1 Å². The van der Waals surface area contributed by atoms with Gasteiger partial charge in [0.15, 0.2) is 11.2 Å². The van der Waals surface area contributed by atoms with Crippen LogP contribution in [0.15, 0.2) is 36.4 Å². The minimum absolute atomic E-state index is 0.132. The van der Waals surface area contributed by atoms with Gasteiger partial charge in [-0.2, -0.15) is 0 Å². The third kappa shape index (κ3) is 6.12. The second-order valence-corrected chi connectivity index (χ2v) is 8.20. The summed E-state index contributed by atoms with van der Waals surface area (Å²) >= 11 is 23.6. The molecule has 160 valence electrons. The summed E-state index contributed by atoms with van der Waals surface area (Å²) in [6.07, 6.45) is -0.823. The number of nitrogens with zero attached hydrogens (tertiary/aromatic N) is 1. The zero-order chi connectivity index (χ0) is 21.7. The topological polar surface area (TPSA) is 62.8 Å². The van der Waals surface area contributed by atoms with E-state index in [1.165, 1.54) is 0 Å². The van der Waals surface area contributed by atoms with Crippen molar-refractivity contribution in [3.8, 4) is 5.75 Å². The third-order valence-corrected chi connectivity index (χ3v) is 5.40. The average molecular weight is 489 g/mol. The summed E-state index contributed by atoms with van der Waals surface area (Å²) in [6, 6.07) is 10.3. The van der Waals surface area contributed by atoms with Crippen LogP contribution in [-0.2, 0) is 9.53 Å². The molecule has 0 aliphatic carbocycles. The van der Waals surface area contributed by atoms with Crippen LogP contribution in [-0.4, -0.2) is 43.4 Å². The van der Waals surface area contributed by atoms with Gasteiger partial charge in [0.2, 0.25) is 0 Å². The van der Waals surface area contributed by atoms with Crippen molar-refractivity contribution in [1.82, 2.24) is 5.32 Å². The highest BCUT2D eigenvalue weighted by molar-refractivity contribution is 7.80. The minimum Gasteiger partial charge on any atom is -0.479 e. The van der Waals surface area contributed by atoms with E-state index in [0.29, 0.717) is 39.7 Å². The van der Waals surface area contributed by atoms with E-state index in [1.807, 2.05) is 12.1 Å². The molecular formula is C20H20Cl3N3O3S. The molecule has 3 rings (SSSR count). The van der Waals surface area contributed by atoms with Crippen molar-refractivity contribution in [2.24, 2.45) is 0 Å². The molecule has 1 aliphatic rings. The number of thiocarbonyl (C=S) groups is 1. The monoisotopic (exact) mass is 487 g/mol. The summed E-state index contributed by atoms with van der Waals surface area (Å²) in [4.78, 5) is 14.5. The maximum absolute atomic E-state index is 12.4. The van der Waals surface area contributed by atoms with Crippen molar-refractivity contribution in [3.05, 3.63) is 51.5 Å². The predicted molar refractivity (Wildman–Crippen MR) is 125 cm³/mol. The average Bonchev–Trinajstić information content (AvgIpc) is 2.70. The summed E-state index contributed by atoms with van der Waals surface area (Å²) in [5.41, 5.74) is 1.60. The lowest BCUT2D eigenvalue weighted by Gasteiger charge is -2.29.